The Morgan fingerprint density at radius 1 is 1.38 bits per heavy atom. The number of hydrogen-bond donors (Lipinski definition) is 1. The molecular weight excluding hydrogens is 230 g/mol. The average Bonchev–Trinajstić information content (AvgIpc) is 2.83. The number of hydrogen-bond acceptors (Lipinski definition) is 5. The van der Waals surface area contributed by atoms with Gasteiger partial charge in [0.2, 0.25) is 22.3 Å². The SMILES string of the molecule is CNS(=O)(=O)c1cccc(-c2nnco2)c1. The molecule has 0 radical (unpaired) electrons. The van der Waals surface area contributed by atoms with Gasteiger partial charge in [0.25, 0.3) is 0 Å². The lowest BCUT2D eigenvalue weighted by Crippen LogP contribution is -2.18. The molecular formula is C9H9N3O3S. The lowest BCUT2D eigenvalue weighted by Gasteiger charge is -2.02. The maximum atomic E-state index is 11.5. The van der Waals surface area contributed by atoms with Crippen LogP contribution < -0.4 is 4.72 Å². The lowest BCUT2D eigenvalue weighted by molar-refractivity contribution is 0.568. The Morgan fingerprint density at radius 3 is 2.81 bits per heavy atom. The Morgan fingerprint density at radius 2 is 2.19 bits per heavy atom. The largest absolute Gasteiger partial charge is 0.423 e. The molecule has 0 spiro atoms. The van der Waals surface area contributed by atoms with E-state index in [9.17, 15) is 8.42 Å². The molecule has 1 N–H and O–H groups in total. The molecule has 0 atom stereocenters. The maximum Gasteiger partial charge on any atom is 0.247 e. The molecule has 84 valence electrons. The molecule has 0 saturated heterocycles. The van der Waals surface area contributed by atoms with Gasteiger partial charge in [0.1, 0.15) is 0 Å². The lowest BCUT2D eigenvalue weighted by atomic mass is 10.2. The van der Waals surface area contributed by atoms with E-state index in [4.69, 9.17) is 4.42 Å². The van der Waals surface area contributed by atoms with Crippen LogP contribution in [0.4, 0.5) is 0 Å². The van der Waals surface area contributed by atoms with E-state index in [1.807, 2.05) is 0 Å². The fourth-order valence-electron chi connectivity index (χ4n) is 1.21. The van der Waals surface area contributed by atoms with Crippen molar-refractivity contribution in [1.29, 1.82) is 0 Å². The molecule has 7 heteroatoms. The molecule has 0 aliphatic rings. The quantitative estimate of drug-likeness (QED) is 0.849. The predicted molar refractivity (Wildman–Crippen MR) is 56.0 cm³/mol. The third kappa shape index (κ3) is 1.95. The van der Waals surface area contributed by atoms with Crippen LogP contribution in [-0.2, 0) is 10.0 Å². The monoisotopic (exact) mass is 239 g/mol. The van der Waals surface area contributed by atoms with Gasteiger partial charge in [-0.15, -0.1) is 10.2 Å². The van der Waals surface area contributed by atoms with E-state index in [0.717, 1.165) is 0 Å². The summed E-state index contributed by atoms with van der Waals surface area (Å²) < 4.78 is 30.3. The van der Waals surface area contributed by atoms with Crippen LogP contribution in [0.5, 0.6) is 0 Å². The summed E-state index contributed by atoms with van der Waals surface area (Å²) in [5.41, 5.74) is 0.564. The van der Waals surface area contributed by atoms with Crippen molar-refractivity contribution in [1.82, 2.24) is 14.9 Å². The molecule has 6 nitrogen and oxygen atoms in total. The second kappa shape index (κ2) is 4.03. The number of rotatable bonds is 3. The van der Waals surface area contributed by atoms with Crippen LogP contribution in [-0.4, -0.2) is 25.7 Å². The van der Waals surface area contributed by atoms with Crippen molar-refractivity contribution in [3.05, 3.63) is 30.7 Å². The average molecular weight is 239 g/mol. The zero-order valence-corrected chi connectivity index (χ0v) is 9.23. The van der Waals surface area contributed by atoms with Crippen LogP contribution in [0.25, 0.3) is 11.5 Å². The van der Waals surface area contributed by atoms with Crippen molar-refractivity contribution >= 4 is 10.0 Å². The fraction of sp³-hybridized carbons (Fsp3) is 0.111. The second-order valence-corrected chi connectivity index (χ2v) is 4.87. The van der Waals surface area contributed by atoms with Crippen molar-refractivity contribution in [2.24, 2.45) is 0 Å². The van der Waals surface area contributed by atoms with Crippen LogP contribution in [0.1, 0.15) is 0 Å². The molecule has 0 aliphatic carbocycles. The van der Waals surface area contributed by atoms with Crippen LogP contribution in [0.15, 0.2) is 40.0 Å². The Hall–Kier alpha value is -1.73. The molecule has 0 aliphatic heterocycles. The standard InChI is InChI=1S/C9H9N3O3S/c1-10-16(13,14)8-4-2-3-7(5-8)9-12-11-6-15-9/h2-6,10H,1H3. The minimum atomic E-state index is -3.45. The van der Waals surface area contributed by atoms with Crippen molar-refractivity contribution in [2.75, 3.05) is 7.05 Å². The number of nitrogens with zero attached hydrogens (tertiary/aromatic N) is 2. The number of benzene rings is 1. The normalized spacial score (nSPS) is 11.6. The topological polar surface area (TPSA) is 85.1 Å². The zero-order chi connectivity index (χ0) is 11.6. The van der Waals surface area contributed by atoms with E-state index in [1.165, 1.54) is 25.6 Å². The molecule has 2 aromatic rings. The molecule has 1 aromatic heterocycles. The summed E-state index contributed by atoms with van der Waals surface area (Å²) >= 11 is 0. The highest BCUT2D eigenvalue weighted by Gasteiger charge is 2.13. The first kappa shape index (κ1) is 10.8. The van der Waals surface area contributed by atoms with E-state index < -0.39 is 10.0 Å². The Balaban J connectivity index is 2.50. The van der Waals surface area contributed by atoms with Crippen LogP contribution in [0, 0.1) is 0 Å². The van der Waals surface area contributed by atoms with E-state index in [-0.39, 0.29) is 10.8 Å². The molecule has 1 aromatic carbocycles. The van der Waals surface area contributed by atoms with Gasteiger partial charge in [0.05, 0.1) is 4.90 Å². The second-order valence-electron chi connectivity index (χ2n) is 2.98. The molecule has 0 saturated carbocycles. The molecule has 0 fully saturated rings. The van der Waals surface area contributed by atoms with Gasteiger partial charge in [-0.1, -0.05) is 6.07 Å². The van der Waals surface area contributed by atoms with Gasteiger partial charge in [-0.05, 0) is 25.2 Å². The molecule has 2 rings (SSSR count). The fourth-order valence-corrected chi connectivity index (χ4v) is 1.99. The molecule has 0 unspecified atom stereocenters. The first-order chi connectivity index (χ1) is 7.63. The molecule has 0 amide bonds. The minimum Gasteiger partial charge on any atom is -0.423 e. The smallest absolute Gasteiger partial charge is 0.247 e. The van der Waals surface area contributed by atoms with Crippen molar-refractivity contribution < 1.29 is 12.8 Å². The molecule has 0 bridgehead atoms. The number of nitrogens with one attached hydrogen (secondary N) is 1. The summed E-state index contributed by atoms with van der Waals surface area (Å²) in [6.07, 6.45) is 1.19. The van der Waals surface area contributed by atoms with Crippen LogP contribution in [0.2, 0.25) is 0 Å². The summed E-state index contributed by atoms with van der Waals surface area (Å²) in [5, 5.41) is 7.23. The van der Waals surface area contributed by atoms with Gasteiger partial charge >= 0.3 is 0 Å². The predicted octanol–water partition coefficient (Wildman–Crippen LogP) is 0.645. The van der Waals surface area contributed by atoms with Crippen molar-refractivity contribution in [3.8, 4) is 11.5 Å². The third-order valence-electron chi connectivity index (χ3n) is 2.02. The van der Waals surface area contributed by atoms with E-state index in [1.54, 1.807) is 12.1 Å². The van der Waals surface area contributed by atoms with Crippen molar-refractivity contribution in [3.63, 3.8) is 0 Å². The van der Waals surface area contributed by atoms with Gasteiger partial charge in [0, 0.05) is 5.56 Å². The van der Waals surface area contributed by atoms with Gasteiger partial charge in [-0.2, -0.15) is 0 Å². The van der Waals surface area contributed by atoms with Crippen LogP contribution in [0.3, 0.4) is 0 Å². The van der Waals surface area contributed by atoms with Crippen molar-refractivity contribution in [2.45, 2.75) is 4.90 Å². The van der Waals surface area contributed by atoms with Gasteiger partial charge in [-0.3, -0.25) is 0 Å². The third-order valence-corrected chi connectivity index (χ3v) is 3.43. The van der Waals surface area contributed by atoms with Gasteiger partial charge < -0.3 is 4.42 Å². The summed E-state index contributed by atoms with van der Waals surface area (Å²) in [7, 11) is -2.10. The maximum absolute atomic E-state index is 11.5. The van der Waals surface area contributed by atoms with Crippen LogP contribution >= 0.6 is 0 Å². The van der Waals surface area contributed by atoms with E-state index >= 15 is 0 Å². The highest BCUT2D eigenvalue weighted by molar-refractivity contribution is 7.89. The van der Waals surface area contributed by atoms with E-state index in [0.29, 0.717) is 5.56 Å². The number of aromatic nitrogens is 2. The van der Waals surface area contributed by atoms with Gasteiger partial charge in [0.15, 0.2) is 0 Å². The highest BCUT2D eigenvalue weighted by Crippen LogP contribution is 2.19. The summed E-state index contributed by atoms with van der Waals surface area (Å²) in [6.45, 7) is 0. The van der Waals surface area contributed by atoms with Gasteiger partial charge in [-0.25, -0.2) is 13.1 Å². The highest BCUT2D eigenvalue weighted by atomic mass is 32.2. The summed E-state index contributed by atoms with van der Waals surface area (Å²) in [6, 6.07) is 6.27. The molecule has 16 heavy (non-hydrogen) atoms. The summed E-state index contributed by atoms with van der Waals surface area (Å²) in [5.74, 6) is 0.285. The number of sulfonamides is 1. The summed E-state index contributed by atoms with van der Waals surface area (Å²) in [4.78, 5) is 0.158. The minimum absolute atomic E-state index is 0.158. The Bertz CT molecular complexity index is 578. The Labute approximate surface area is 92.4 Å². The zero-order valence-electron chi connectivity index (χ0n) is 8.41. The Kier molecular flexibility index (Phi) is 2.71. The molecule has 1 heterocycles. The first-order valence-corrected chi connectivity index (χ1v) is 5.92. The van der Waals surface area contributed by atoms with E-state index in [2.05, 4.69) is 14.9 Å². The first-order valence-electron chi connectivity index (χ1n) is 4.43.